The lowest BCUT2D eigenvalue weighted by atomic mass is 10.3. The van der Waals surface area contributed by atoms with Crippen molar-refractivity contribution < 1.29 is 18.7 Å². The van der Waals surface area contributed by atoms with Gasteiger partial charge in [-0.05, 0) is 55.8 Å². The quantitative estimate of drug-likeness (QED) is 0.605. The zero-order chi connectivity index (χ0) is 19.5. The molecule has 1 N–H and O–H groups in total. The van der Waals surface area contributed by atoms with E-state index in [0.717, 1.165) is 25.9 Å². The number of carbonyl (C=O) groups is 1. The van der Waals surface area contributed by atoms with Gasteiger partial charge in [0, 0.05) is 6.54 Å². The molecule has 0 bridgehead atoms. The van der Waals surface area contributed by atoms with Gasteiger partial charge >= 0.3 is 0 Å². The predicted molar refractivity (Wildman–Crippen MR) is 105 cm³/mol. The first-order chi connectivity index (χ1) is 13.1. The van der Waals surface area contributed by atoms with E-state index in [-0.39, 0.29) is 11.7 Å². The summed E-state index contributed by atoms with van der Waals surface area (Å²) in [6.07, 6.45) is 1.74. The Balaban J connectivity index is 1.78. The molecule has 5 nitrogen and oxygen atoms in total. The third kappa shape index (κ3) is 7.27. The number of para-hydroxylation sites is 2. The second-order valence-electron chi connectivity index (χ2n) is 6.18. The van der Waals surface area contributed by atoms with Crippen LogP contribution in [0.25, 0.3) is 0 Å². The van der Waals surface area contributed by atoms with Gasteiger partial charge in [0.25, 0.3) is 0 Å². The van der Waals surface area contributed by atoms with E-state index >= 15 is 0 Å². The molecule has 0 saturated carbocycles. The van der Waals surface area contributed by atoms with Gasteiger partial charge in [-0.15, -0.1) is 0 Å². The summed E-state index contributed by atoms with van der Waals surface area (Å²) in [7, 11) is 1.58. The fourth-order valence-corrected chi connectivity index (χ4v) is 2.74. The number of anilines is 1. The van der Waals surface area contributed by atoms with Crippen molar-refractivity contribution in [1.29, 1.82) is 0 Å². The molecule has 146 valence electrons. The summed E-state index contributed by atoms with van der Waals surface area (Å²) in [4.78, 5) is 14.5. The van der Waals surface area contributed by atoms with Crippen molar-refractivity contribution in [2.75, 3.05) is 38.7 Å². The van der Waals surface area contributed by atoms with E-state index < -0.39 is 0 Å². The Bertz CT molecular complexity index is 707. The topological polar surface area (TPSA) is 50.8 Å². The van der Waals surface area contributed by atoms with E-state index in [0.29, 0.717) is 30.3 Å². The van der Waals surface area contributed by atoms with Gasteiger partial charge in [0.2, 0.25) is 5.91 Å². The molecule has 0 aromatic heterocycles. The van der Waals surface area contributed by atoms with Gasteiger partial charge in [0.05, 0.1) is 25.9 Å². The van der Waals surface area contributed by atoms with Crippen molar-refractivity contribution in [3.8, 4) is 11.5 Å². The molecule has 2 rings (SSSR count). The van der Waals surface area contributed by atoms with Crippen LogP contribution in [0.5, 0.6) is 11.5 Å². The Labute approximate surface area is 160 Å². The summed E-state index contributed by atoms with van der Waals surface area (Å²) in [6, 6.07) is 13.3. The highest BCUT2D eigenvalue weighted by molar-refractivity contribution is 5.93. The highest BCUT2D eigenvalue weighted by Gasteiger charge is 2.12. The maximum absolute atomic E-state index is 12.9. The molecule has 0 unspecified atom stereocenters. The second kappa shape index (κ2) is 11.2. The number of methoxy groups -OCH3 is 1. The molecule has 0 aliphatic heterocycles. The zero-order valence-corrected chi connectivity index (χ0v) is 15.9. The zero-order valence-electron chi connectivity index (χ0n) is 15.9. The standard InChI is InChI=1S/C21H27FN2O3/c1-3-13-24(14-6-15-27-18-11-9-17(22)10-12-18)16-21(25)23-19-7-4-5-8-20(19)26-2/h4-5,7-12H,3,6,13-16H2,1-2H3,(H,23,25). The van der Waals surface area contributed by atoms with Crippen LogP contribution in [0.3, 0.4) is 0 Å². The Hall–Kier alpha value is -2.60. The van der Waals surface area contributed by atoms with Crippen LogP contribution in [0.1, 0.15) is 19.8 Å². The molecule has 6 heteroatoms. The maximum Gasteiger partial charge on any atom is 0.238 e. The van der Waals surface area contributed by atoms with Crippen LogP contribution in [0.2, 0.25) is 0 Å². The molecule has 1 amide bonds. The Kier molecular flexibility index (Phi) is 8.58. The maximum atomic E-state index is 12.9. The van der Waals surface area contributed by atoms with Gasteiger partial charge in [0.15, 0.2) is 0 Å². The van der Waals surface area contributed by atoms with Crippen molar-refractivity contribution in [2.24, 2.45) is 0 Å². The van der Waals surface area contributed by atoms with Crippen molar-refractivity contribution in [1.82, 2.24) is 4.90 Å². The molecule has 27 heavy (non-hydrogen) atoms. The fraction of sp³-hybridized carbons (Fsp3) is 0.381. The van der Waals surface area contributed by atoms with Crippen LogP contribution in [-0.2, 0) is 4.79 Å². The number of halogens is 1. The summed E-state index contributed by atoms with van der Waals surface area (Å²) in [5.41, 5.74) is 0.668. The summed E-state index contributed by atoms with van der Waals surface area (Å²) in [6.45, 7) is 4.48. The molecule has 0 saturated heterocycles. The summed E-state index contributed by atoms with van der Waals surface area (Å²) >= 11 is 0. The number of rotatable bonds is 11. The molecule has 0 radical (unpaired) electrons. The lowest BCUT2D eigenvalue weighted by Gasteiger charge is -2.21. The Morgan fingerprint density at radius 1 is 1.11 bits per heavy atom. The van der Waals surface area contributed by atoms with Gasteiger partial charge in [-0.2, -0.15) is 0 Å². The van der Waals surface area contributed by atoms with Gasteiger partial charge in [0.1, 0.15) is 17.3 Å². The molecular weight excluding hydrogens is 347 g/mol. The minimum Gasteiger partial charge on any atom is -0.495 e. The normalized spacial score (nSPS) is 10.7. The lowest BCUT2D eigenvalue weighted by Crippen LogP contribution is -2.35. The number of benzene rings is 2. The molecule has 0 atom stereocenters. The van der Waals surface area contributed by atoms with Crippen LogP contribution in [-0.4, -0.2) is 44.2 Å². The van der Waals surface area contributed by atoms with E-state index in [1.807, 2.05) is 24.3 Å². The summed E-state index contributed by atoms with van der Waals surface area (Å²) < 4.78 is 23.8. The number of hydrogen-bond donors (Lipinski definition) is 1. The number of ether oxygens (including phenoxy) is 2. The molecule has 0 fully saturated rings. The third-order valence-electron chi connectivity index (χ3n) is 3.99. The minimum absolute atomic E-state index is 0.0765. The Morgan fingerprint density at radius 3 is 2.56 bits per heavy atom. The average molecular weight is 374 g/mol. The molecular formula is C21H27FN2O3. The van der Waals surface area contributed by atoms with Crippen molar-refractivity contribution in [3.05, 3.63) is 54.3 Å². The minimum atomic E-state index is -0.280. The largest absolute Gasteiger partial charge is 0.495 e. The van der Waals surface area contributed by atoms with Crippen LogP contribution in [0.15, 0.2) is 48.5 Å². The van der Waals surface area contributed by atoms with Gasteiger partial charge in [-0.1, -0.05) is 19.1 Å². The number of carbonyl (C=O) groups excluding carboxylic acids is 1. The van der Waals surface area contributed by atoms with E-state index in [2.05, 4.69) is 17.1 Å². The van der Waals surface area contributed by atoms with Crippen molar-refractivity contribution in [2.45, 2.75) is 19.8 Å². The second-order valence-corrected chi connectivity index (χ2v) is 6.18. The number of hydrogen-bond acceptors (Lipinski definition) is 4. The first-order valence-electron chi connectivity index (χ1n) is 9.16. The molecule has 0 aliphatic rings. The third-order valence-corrected chi connectivity index (χ3v) is 3.99. The van der Waals surface area contributed by atoms with Crippen molar-refractivity contribution >= 4 is 11.6 Å². The van der Waals surface area contributed by atoms with Gasteiger partial charge in [-0.25, -0.2) is 4.39 Å². The van der Waals surface area contributed by atoms with Crippen LogP contribution >= 0.6 is 0 Å². The average Bonchev–Trinajstić information content (AvgIpc) is 2.67. The van der Waals surface area contributed by atoms with E-state index in [9.17, 15) is 9.18 Å². The van der Waals surface area contributed by atoms with Gasteiger partial charge < -0.3 is 14.8 Å². The van der Waals surface area contributed by atoms with Gasteiger partial charge in [-0.3, -0.25) is 9.69 Å². The molecule has 0 spiro atoms. The molecule has 0 aliphatic carbocycles. The fourth-order valence-electron chi connectivity index (χ4n) is 2.74. The number of amides is 1. The summed E-state index contributed by atoms with van der Waals surface area (Å²) in [5.74, 6) is 0.929. The van der Waals surface area contributed by atoms with Crippen LogP contribution in [0, 0.1) is 5.82 Å². The predicted octanol–water partition coefficient (Wildman–Crippen LogP) is 3.95. The van der Waals surface area contributed by atoms with E-state index in [1.165, 1.54) is 12.1 Å². The highest BCUT2D eigenvalue weighted by Crippen LogP contribution is 2.22. The Morgan fingerprint density at radius 2 is 1.85 bits per heavy atom. The molecule has 0 heterocycles. The smallest absolute Gasteiger partial charge is 0.238 e. The first-order valence-corrected chi connectivity index (χ1v) is 9.16. The van der Waals surface area contributed by atoms with E-state index in [1.54, 1.807) is 19.2 Å². The molecule has 2 aromatic rings. The van der Waals surface area contributed by atoms with E-state index in [4.69, 9.17) is 9.47 Å². The van der Waals surface area contributed by atoms with Crippen LogP contribution in [0.4, 0.5) is 10.1 Å². The first kappa shape index (κ1) is 20.7. The SMILES string of the molecule is CCCN(CCCOc1ccc(F)cc1)CC(=O)Nc1ccccc1OC. The molecule has 2 aromatic carbocycles. The monoisotopic (exact) mass is 374 g/mol. The number of nitrogens with one attached hydrogen (secondary N) is 1. The highest BCUT2D eigenvalue weighted by atomic mass is 19.1. The van der Waals surface area contributed by atoms with Crippen molar-refractivity contribution in [3.63, 3.8) is 0 Å². The van der Waals surface area contributed by atoms with Crippen LogP contribution < -0.4 is 14.8 Å². The number of nitrogens with zero attached hydrogens (tertiary/aromatic N) is 1. The summed E-state index contributed by atoms with van der Waals surface area (Å²) in [5, 5.41) is 2.90. The lowest BCUT2D eigenvalue weighted by molar-refractivity contribution is -0.117.